The maximum absolute atomic E-state index is 8.13. The molecule has 2 atom stereocenters. The van der Waals surface area contributed by atoms with Gasteiger partial charge in [0.05, 0.1) is 0 Å². The van der Waals surface area contributed by atoms with E-state index in [1.807, 2.05) is 0 Å². The van der Waals surface area contributed by atoms with Gasteiger partial charge in [-0.3, -0.25) is 0 Å². The molecule has 1 fully saturated rings. The number of hydrogen-bond acceptors (Lipinski definition) is 2. The zero-order valence-electron chi connectivity index (χ0n) is 7.11. The molecule has 4 nitrogen and oxygen atoms in total. The molecule has 12 heavy (non-hydrogen) atoms. The first-order chi connectivity index (χ1) is 5.86. The molecule has 1 aliphatic rings. The molecule has 0 heterocycles. The van der Waals surface area contributed by atoms with Gasteiger partial charge in [0.25, 0.3) is 0 Å². The van der Waals surface area contributed by atoms with Crippen molar-refractivity contribution in [2.24, 2.45) is 17.0 Å². The van der Waals surface area contributed by atoms with Crippen LogP contribution in [0.5, 0.6) is 0 Å². The quantitative estimate of drug-likeness (QED) is 0.290. The molecule has 0 amide bonds. The summed E-state index contributed by atoms with van der Waals surface area (Å²) in [5, 5.41) is 10.7. The summed E-state index contributed by atoms with van der Waals surface area (Å²) in [6, 6.07) is 0. The second-order valence-electron chi connectivity index (χ2n) is 3.37. The molecule has 0 aliphatic heterocycles. The molecule has 0 aromatic heterocycles. The fraction of sp³-hybridized carbons (Fsp3) is 0.875. The van der Waals surface area contributed by atoms with E-state index >= 15 is 0 Å². The van der Waals surface area contributed by atoms with Gasteiger partial charge in [-0.25, -0.2) is 0 Å². The summed E-state index contributed by atoms with van der Waals surface area (Å²) in [5.41, 5.74) is 8.13. The lowest BCUT2D eigenvalue weighted by molar-refractivity contribution is 0.327. The highest BCUT2D eigenvalue weighted by Gasteiger charge is 2.19. The summed E-state index contributed by atoms with van der Waals surface area (Å²) in [6.45, 7) is 0.612. The Labute approximate surface area is 72.1 Å². The van der Waals surface area contributed by atoms with Gasteiger partial charge < -0.3 is 5.41 Å². The molecular formula is C8H14N4. The Morgan fingerprint density at radius 3 is 3.08 bits per heavy atom. The Morgan fingerprint density at radius 1 is 1.58 bits per heavy atom. The minimum atomic E-state index is 0.428. The molecule has 0 saturated heterocycles. The number of nitrogens with one attached hydrogen (secondary N) is 1. The average molecular weight is 166 g/mol. The summed E-state index contributed by atoms with van der Waals surface area (Å²) in [6.07, 6.45) is 6.02. The molecule has 0 spiro atoms. The van der Waals surface area contributed by atoms with Crippen molar-refractivity contribution in [3.05, 3.63) is 10.4 Å². The molecule has 66 valence electrons. The van der Waals surface area contributed by atoms with Crippen LogP contribution >= 0.6 is 0 Å². The van der Waals surface area contributed by atoms with Crippen molar-refractivity contribution in [1.29, 1.82) is 5.41 Å². The van der Waals surface area contributed by atoms with Crippen LogP contribution < -0.4 is 0 Å². The van der Waals surface area contributed by atoms with E-state index < -0.39 is 0 Å². The lowest BCUT2D eigenvalue weighted by atomic mass is 9.82. The van der Waals surface area contributed by atoms with Gasteiger partial charge in [0.2, 0.25) is 0 Å². The maximum atomic E-state index is 8.13. The van der Waals surface area contributed by atoms with Crippen molar-refractivity contribution in [1.82, 2.24) is 0 Å². The molecule has 0 aromatic carbocycles. The monoisotopic (exact) mass is 166 g/mol. The largest absolute Gasteiger partial charge is 0.313 e. The smallest absolute Gasteiger partial charge is 0.0286 e. The molecule has 1 unspecified atom stereocenters. The average Bonchev–Trinajstić information content (AvgIpc) is 2.15. The molecule has 0 radical (unpaired) electrons. The van der Waals surface area contributed by atoms with Crippen LogP contribution in [0.1, 0.15) is 25.7 Å². The minimum absolute atomic E-state index is 0.428. The summed E-state index contributed by atoms with van der Waals surface area (Å²) in [4.78, 5) is 2.75. The van der Waals surface area contributed by atoms with Crippen LogP contribution in [0.15, 0.2) is 5.11 Å². The third-order valence-electron chi connectivity index (χ3n) is 2.46. The van der Waals surface area contributed by atoms with E-state index in [4.69, 9.17) is 10.9 Å². The third-order valence-corrected chi connectivity index (χ3v) is 2.46. The van der Waals surface area contributed by atoms with Crippen LogP contribution in [0.2, 0.25) is 0 Å². The summed E-state index contributed by atoms with van der Waals surface area (Å²) in [7, 11) is 0. The maximum Gasteiger partial charge on any atom is 0.0286 e. The summed E-state index contributed by atoms with van der Waals surface area (Å²) in [5.74, 6) is 0.943. The van der Waals surface area contributed by atoms with E-state index in [0.717, 1.165) is 19.3 Å². The molecule has 0 aromatic rings. The van der Waals surface area contributed by atoms with Crippen LogP contribution in [0.3, 0.4) is 0 Å². The summed E-state index contributed by atoms with van der Waals surface area (Å²) >= 11 is 0. The van der Waals surface area contributed by atoms with E-state index in [1.54, 1.807) is 0 Å². The van der Waals surface area contributed by atoms with Crippen molar-refractivity contribution >= 4 is 6.21 Å². The number of nitrogens with zero attached hydrogens (tertiary/aromatic N) is 3. The topological polar surface area (TPSA) is 72.6 Å². The number of azide groups is 1. The van der Waals surface area contributed by atoms with Crippen LogP contribution in [0.4, 0.5) is 0 Å². The first-order valence-electron chi connectivity index (χ1n) is 4.38. The fourth-order valence-corrected chi connectivity index (χ4v) is 1.80. The zero-order valence-corrected chi connectivity index (χ0v) is 7.11. The second kappa shape index (κ2) is 4.78. The summed E-state index contributed by atoms with van der Waals surface area (Å²) < 4.78 is 0. The Bertz CT molecular complexity index is 195. The van der Waals surface area contributed by atoms with Crippen molar-refractivity contribution < 1.29 is 0 Å². The van der Waals surface area contributed by atoms with E-state index in [2.05, 4.69) is 10.0 Å². The van der Waals surface area contributed by atoms with Gasteiger partial charge in [-0.15, -0.1) is 0 Å². The predicted molar refractivity (Wildman–Crippen MR) is 48.2 cm³/mol. The van der Waals surface area contributed by atoms with Gasteiger partial charge in [0.1, 0.15) is 0 Å². The number of hydrogen-bond donors (Lipinski definition) is 1. The van der Waals surface area contributed by atoms with Crippen LogP contribution in [0, 0.1) is 17.2 Å². The Hall–Kier alpha value is -1.02. The van der Waals surface area contributed by atoms with Crippen molar-refractivity contribution in [2.45, 2.75) is 25.7 Å². The first-order valence-corrected chi connectivity index (χ1v) is 4.38. The zero-order chi connectivity index (χ0) is 8.81. The van der Waals surface area contributed by atoms with Gasteiger partial charge in [0.15, 0.2) is 0 Å². The van der Waals surface area contributed by atoms with Gasteiger partial charge in [0, 0.05) is 11.5 Å². The standard InChI is InChI=1S/C8H14N4/c9-5-7-2-1-3-8(4-7)6-11-12-10/h5,7-9H,1-4,6H2/t7?,8-/m0/s1. The molecule has 1 aliphatic carbocycles. The fourth-order valence-electron chi connectivity index (χ4n) is 1.80. The van der Waals surface area contributed by atoms with E-state index in [0.29, 0.717) is 18.4 Å². The van der Waals surface area contributed by atoms with E-state index in [-0.39, 0.29) is 0 Å². The minimum Gasteiger partial charge on any atom is -0.313 e. The van der Waals surface area contributed by atoms with E-state index in [1.165, 1.54) is 12.6 Å². The normalized spacial score (nSPS) is 29.0. The lowest BCUT2D eigenvalue weighted by Gasteiger charge is -2.24. The lowest BCUT2D eigenvalue weighted by Crippen LogP contribution is -2.18. The van der Waals surface area contributed by atoms with Gasteiger partial charge in [-0.2, -0.15) is 0 Å². The second-order valence-corrected chi connectivity index (χ2v) is 3.37. The van der Waals surface area contributed by atoms with Crippen molar-refractivity contribution in [3.8, 4) is 0 Å². The molecule has 4 heteroatoms. The van der Waals surface area contributed by atoms with E-state index in [9.17, 15) is 0 Å². The predicted octanol–water partition coefficient (Wildman–Crippen LogP) is 2.75. The Kier molecular flexibility index (Phi) is 3.61. The Balaban J connectivity index is 2.34. The van der Waals surface area contributed by atoms with Gasteiger partial charge in [-0.1, -0.05) is 18.0 Å². The van der Waals surface area contributed by atoms with Crippen molar-refractivity contribution in [3.63, 3.8) is 0 Å². The molecule has 1 saturated carbocycles. The molecule has 1 rings (SSSR count). The molecule has 0 bridgehead atoms. The Morgan fingerprint density at radius 2 is 2.42 bits per heavy atom. The first kappa shape index (κ1) is 9.07. The van der Waals surface area contributed by atoms with Crippen LogP contribution in [-0.4, -0.2) is 12.8 Å². The highest BCUT2D eigenvalue weighted by molar-refractivity contribution is 5.56. The highest BCUT2D eigenvalue weighted by Crippen LogP contribution is 2.27. The van der Waals surface area contributed by atoms with Crippen LogP contribution in [-0.2, 0) is 0 Å². The highest BCUT2D eigenvalue weighted by atomic mass is 15.1. The SMILES string of the molecule is [N-]=[N+]=NC[C@H]1CCCC(C=N)C1. The van der Waals surface area contributed by atoms with Crippen molar-refractivity contribution in [2.75, 3.05) is 6.54 Å². The van der Waals surface area contributed by atoms with Crippen LogP contribution in [0.25, 0.3) is 10.4 Å². The third kappa shape index (κ3) is 2.55. The molecule has 1 N–H and O–H groups in total. The number of rotatable bonds is 3. The van der Waals surface area contributed by atoms with Gasteiger partial charge >= 0.3 is 0 Å². The molecular weight excluding hydrogens is 152 g/mol. The van der Waals surface area contributed by atoms with Gasteiger partial charge in [-0.05, 0) is 36.4 Å².